The SMILES string of the molecule is Cc1ccc(CCNCC2CCCO2)cc1C. The fourth-order valence-corrected chi connectivity index (χ4v) is 2.26. The number of nitrogens with one attached hydrogen (secondary N) is 1. The predicted octanol–water partition coefficient (Wildman–Crippen LogP) is 2.61. The minimum absolute atomic E-state index is 0.453. The van der Waals surface area contributed by atoms with E-state index in [1.54, 1.807) is 0 Å². The van der Waals surface area contributed by atoms with E-state index in [-0.39, 0.29) is 0 Å². The highest BCUT2D eigenvalue weighted by molar-refractivity contribution is 5.29. The van der Waals surface area contributed by atoms with E-state index in [0.29, 0.717) is 6.10 Å². The van der Waals surface area contributed by atoms with Crippen molar-refractivity contribution in [3.05, 3.63) is 34.9 Å². The van der Waals surface area contributed by atoms with Crippen LogP contribution < -0.4 is 5.32 Å². The average Bonchev–Trinajstić information content (AvgIpc) is 2.82. The first-order valence-electron chi connectivity index (χ1n) is 6.64. The fraction of sp³-hybridized carbons (Fsp3) is 0.600. The molecule has 2 rings (SSSR count). The predicted molar refractivity (Wildman–Crippen MR) is 71.5 cm³/mol. The Morgan fingerprint density at radius 1 is 1.29 bits per heavy atom. The van der Waals surface area contributed by atoms with Gasteiger partial charge in [0.05, 0.1) is 6.10 Å². The van der Waals surface area contributed by atoms with Crippen molar-refractivity contribution in [3.63, 3.8) is 0 Å². The number of aryl methyl sites for hydroxylation is 2. The van der Waals surface area contributed by atoms with Crippen LogP contribution in [-0.4, -0.2) is 25.8 Å². The van der Waals surface area contributed by atoms with Crippen molar-refractivity contribution in [2.45, 2.75) is 39.2 Å². The van der Waals surface area contributed by atoms with Crippen LogP contribution in [0.15, 0.2) is 18.2 Å². The molecule has 1 N–H and O–H groups in total. The summed E-state index contributed by atoms with van der Waals surface area (Å²) in [5, 5.41) is 3.48. The van der Waals surface area contributed by atoms with Gasteiger partial charge in [-0.3, -0.25) is 0 Å². The lowest BCUT2D eigenvalue weighted by atomic mass is 10.0. The van der Waals surface area contributed by atoms with E-state index in [1.807, 2.05) is 0 Å². The van der Waals surface area contributed by atoms with Crippen LogP contribution in [0.1, 0.15) is 29.5 Å². The van der Waals surface area contributed by atoms with Gasteiger partial charge in [-0.2, -0.15) is 0 Å². The Bertz CT molecular complexity index is 356. The molecule has 2 nitrogen and oxygen atoms in total. The maximum Gasteiger partial charge on any atom is 0.0700 e. The van der Waals surface area contributed by atoms with Crippen molar-refractivity contribution < 1.29 is 4.74 Å². The third-order valence-electron chi connectivity index (χ3n) is 3.56. The fourth-order valence-electron chi connectivity index (χ4n) is 2.26. The summed E-state index contributed by atoms with van der Waals surface area (Å²) in [6.07, 6.45) is 4.00. The largest absolute Gasteiger partial charge is 0.377 e. The molecule has 17 heavy (non-hydrogen) atoms. The number of benzene rings is 1. The molecule has 1 aliphatic heterocycles. The van der Waals surface area contributed by atoms with Gasteiger partial charge in [-0.1, -0.05) is 18.2 Å². The average molecular weight is 233 g/mol. The second kappa shape index (κ2) is 6.18. The van der Waals surface area contributed by atoms with Gasteiger partial charge < -0.3 is 10.1 Å². The van der Waals surface area contributed by atoms with E-state index in [9.17, 15) is 0 Å². The van der Waals surface area contributed by atoms with Gasteiger partial charge in [-0.05, 0) is 56.3 Å². The molecule has 0 radical (unpaired) electrons. The highest BCUT2D eigenvalue weighted by Gasteiger charge is 2.14. The quantitative estimate of drug-likeness (QED) is 0.789. The van der Waals surface area contributed by atoms with Gasteiger partial charge in [-0.15, -0.1) is 0 Å². The first-order chi connectivity index (χ1) is 8.25. The zero-order valence-corrected chi connectivity index (χ0v) is 11.0. The lowest BCUT2D eigenvalue weighted by Crippen LogP contribution is -2.27. The van der Waals surface area contributed by atoms with Crippen LogP contribution in [0.4, 0.5) is 0 Å². The van der Waals surface area contributed by atoms with Crippen molar-refractivity contribution in [2.24, 2.45) is 0 Å². The summed E-state index contributed by atoms with van der Waals surface area (Å²) in [5.41, 5.74) is 4.19. The lowest BCUT2D eigenvalue weighted by Gasteiger charge is -2.11. The molecule has 94 valence electrons. The van der Waals surface area contributed by atoms with Crippen LogP contribution in [0.5, 0.6) is 0 Å². The van der Waals surface area contributed by atoms with Crippen molar-refractivity contribution in [2.75, 3.05) is 19.7 Å². The van der Waals surface area contributed by atoms with Crippen molar-refractivity contribution >= 4 is 0 Å². The van der Waals surface area contributed by atoms with Gasteiger partial charge in [0.25, 0.3) is 0 Å². The van der Waals surface area contributed by atoms with E-state index in [2.05, 4.69) is 37.4 Å². The van der Waals surface area contributed by atoms with Crippen LogP contribution in [0.3, 0.4) is 0 Å². The molecule has 2 heteroatoms. The van der Waals surface area contributed by atoms with Crippen LogP contribution in [0, 0.1) is 13.8 Å². The third kappa shape index (κ3) is 3.83. The number of rotatable bonds is 5. The maximum atomic E-state index is 5.58. The van der Waals surface area contributed by atoms with Crippen LogP contribution in [0.2, 0.25) is 0 Å². The zero-order valence-electron chi connectivity index (χ0n) is 11.0. The van der Waals surface area contributed by atoms with Gasteiger partial charge in [0.15, 0.2) is 0 Å². The van der Waals surface area contributed by atoms with Crippen LogP contribution in [-0.2, 0) is 11.2 Å². The van der Waals surface area contributed by atoms with Gasteiger partial charge in [-0.25, -0.2) is 0 Å². The Hall–Kier alpha value is -0.860. The minimum atomic E-state index is 0.453. The molecule has 1 heterocycles. The molecule has 1 aromatic carbocycles. The summed E-state index contributed by atoms with van der Waals surface area (Å²) in [7, 11) is 0. The lowest BCUT2D eigenvalue weighted by molar-refractivity contribution is 0.110. The van der Waals surface area contributed by atoms with Gasteiger partial charge in [0.2, 0.25) is 0 Å². The van der Waals surface area contributed by atoms with Gasteiger partial charge >= 0.3 is 0 Å². The van der Waals surface area contributed by atoms with Crippen molar-refractivity contribution in [1.82, 2.24) is 5.32 Å². The standard InChI is InChI=1S/C15H23NO/c1-12-5-6-14(10-13(12)2)7-8-16-11-15-4-3-9-17-15/h5-6,10,15-16H,3-4,7-9,11H2,1-2H3. The normalized spacial score (nSPS) is 19.8. The van der Waals surface area contributed by atoms with E-state index < -0.39 is 0 Å². The highest BCUT2D eigenvalue weighted by atomic mass is 16.5. The highest BCUT2D eigenvalue weighted by Crippen LogP contribution is 2.11. The second-order valence-corrected chi connectivity index (χ2v) is 5.01. The maximum absolute atomic E-state index is 5.58. The topological polar surface area (TPSA) is 21.3 Å². The van der Waals surface area contributed by atoms with E-state index >= 15 is 0 Å². The molecule has 1 fully saturated rings. The molecule has 1 atom stereocenters. The van der Waals surface area contributed by atoms with E-state index in [4.69, 9.17) is 4.74 Å². The molecule has 1 aromatic rings. The van der Waals surface area contributed by atoms with E-state index in [0.717, 1.165) is 26.1 Å². The van der Waals surface area contributed by atoms with E-state index in [1.165, 1.54) is 29.5 Å². The Morgan fingerprint density at radius 2 is 2.18 bits per heavy atom. The van der Waals surface area contributed by atoms with Crippen molar-refractivity contribution in [1.29, 1.82) is 0 Å². The number of hydrogen-bond donors (Lipinski definition) is 1. The van der Waals surface area contributed by atoms with Crippen LogP contribution >= 0.6 is 0 Å². The summed E-state index contributed by atoms with van der Waals surface area (Å²) < 4.78 is 5.58. The number of ether oxygens (including phenoxy) is 1. The summed E-state index contributed by atoms with van der Waals surface area (Å²) in [6, 6.07) is 6.74. The molecule has 0 spiro atoms. The Balaban J connectivity index is 1.68. The molecule has 1 saturated heterocycles. The molecule has 1 aliphatic rings. The molecule has 1 unspecified atom stereocenters. The Labute approximate surface area is 104 Å². The Kier molecular flexibility index (Phi) is 4.57. The van der Waals surface area contributed by atoms with Crippen LogP contribution in [0.25, 0.3) is 0 Å². The molecule has 0 amide bonds. The molecular formula is C15H23NO. The van der Waals surface area contributed by atoms with Crippen molar-refractivity contribution in [3.8, 4) is 0 Å². The summed E-state index contributed by atoms with van der Waals surface area (Å²) in [4.78, 5) is 0. The minimum Gasteiger partial charge on any atom is -0.377 e. The molecule has 0 aromatic heterocycles. The third-order valence-corrected chi connectivity index (χ3v) is 3.56. The molecule has 0 aliphatic carbocycles. The first-order valence-corrected chi connectivity index (χ1v) is 6.64. The monoisotopic (exact) mass is 233 g/mol. The van der Waals surface area contributed by atoms with Gasteiger partial charge in [0, 0.05) is 13.2 Å². The van der Waals surface area contributed by atoms with Gasteiger partial charge in [0.1, 0.15) is 0 Å². The zero-order chi connectivity index (χ0) is 12.1. The molecular weight excluding hydrogens is 210 g/mol. The summed E-state index contributed by atoms with van der Waals surface area (Å²) in [5.74, 6) is 0. The summed E-state index contributed by atoms with van der Waals surface area (Å²) >= 11 is 0. The Morgan fingerprint density at radius 3 is 2.88 bits per heavy atom. The smallest absolute Gasteiger partial charge is 0.0700 e. The number of hydrogen-bond acceptors (Lipinski definition) is 2. The second-order valence-electron chi connectivity index (χ2n) is 5.01. The summed E-state index contributed by atoms with van der Waals surface area (Å²) in [6.45, 7) is 7.34. The first kappa shape index (κ1) is 12.6. The molecule has 0 bridgehead atoms. The molecule has 0 saturated carbocycles.